The standard InChI is InChI=1S/C10H8N2O2/c1-7-3-2-4-12-9(7)11-5-8(6-13)10(12)14/h2-6H,1H3. The quantitative estimate of drug-likeness (QED) is 0.622. The number of carbonyl (C=O) groups excluding carboxylic acids is 1. The number of hydrogen-bond donors (Lipinski definition) is 0. The van der Waals surface area contributed by atoms with Crippen LogP contribution in [0.25, 0.3) is 5.65 Å². The van der Waals surface area contributed by atoms with E-state index in [1.54, 1.807) is 12.3 Å². The molecule has 0 atom stereocenters. The van der Waals surface area contributed by atoms with Gasteiger partial charge in [0.1, 0.15) is 5.65 Å². The minimum Gasteiger partial charge on any atom is -0.298 e. The maximum Gasteiger partial charge on any atom is 0.268 e. The molecule has 4 nitrogen and oxygen atoms in total. The second kappa shape index (κ2) is 3.06. The lowest BCUT2D eigenvalue weighted by atomic mass is 10.3. The van der Waals surface area contributed by atoms with E-state index in [4.69, 9.17) is 0 Å². The van der Waals surface area contributed by atoms with Gasteiger partial charge in [-0.15, -0.1) is 0 Å². The lowest BCUT2D eigenvalue weighted by Crippen LogP contribution is -2.19. The fraction of sp³-hybridized carbons (Fsp3) is 0.100. The second-order valence-electron chi connectivity index (χ2n) is 3.02. The van der Waals surface area contributed by atoms with E-state index >= 15 is 0 Å². The molecule has 70 valence electrons. The van der Waals surface area contributed by atoms with Gasteiger partial charge in [0, 0.05) is 12.4 Å². The van der Waals surface area contributed by atoms with Gasteiger partial charge in [0.2, 0.25) is 0 Å². The first-order valence-corrected chi connectivity index (χ1v) is 4.16. The Kier molecular flexibility index (Phi) is 1.89. The van der Waals surface area contributed by atoms with Crippen LogP contribution in [0.3, 0.4) is 0 Å². The molecule has 0 amide bonds. The van der Waals surface area contributed by atoms with E-state index < -0.39 is 0 Å². The molecule has 0 aliphatic carbocycles. The molecule has 0 spiro atoms. The molecule has 0 saturated carbocycles. The molecule has 2 aromatic rings. The second-order valence-corrected chi connectivity index (χ2v) is 3.02. The van der Waals surface area contributed by atoms with Crippen molar-refractivity contribution in [1.29, 1.82) is 0 Å². The van der Waals surface area contributed by atoms with Crippen LogP contribution >= 0.6 is 0 Å². The summed E-state index contributed by atoms with van der Waals surface area (Å²) in [6, 6.07) is 3.61. The van der Waals surface area contributed by atoms with Gasteiger partial charge in [-0.3, -0.25) is 14.0 Å². The monoisotopic (exact) mass is 188 g/mol. The zero-order valence-corrected chi connectivity index (χ0v) is 7.60. The Morgan fingerprint density at radius 3 is 3.00 bits per heavy atom. The van der Waals surface area contributed by atoms with Crippen molar-refractivity contribution in [3.05, 3.63) is 46.0 Å². The van der Waals surface area contributed by atoms with Gasteiger partial charge in [-0.2, -0.15) is 0 Å². The van der Waals surface area contributed by atoms with Crippen molar-refractivity contribution in [2.75, 3.05) is 0 Å². The highest BCUT2D eigenvalue weighted by atomic mass is 16.1. The van der Waals surface area contributed by atoms with Crippen LogP contribution < -0.4 is 5.56 Å². The Morgan fingerprint density at radius 1 is 1.50 bits per heavy atom. The number of carbonyl (C=O) groups is 1. The van der Waals surface area contributed by atoms with E-state index in [0.717, 1.165) is 5.56 Å². The summed E-state index contributed by atoms with van der Waals surface area (Å²) in [6.45, 7) is 1.86. The fourth-order valence-electron chi connectivity index (χ4n) is 1.34. The van der Waals surface area contributed by atoms with E-state index in [9.17, 15) is 9.59 Å². The summed E-state index contributed by atoms with van der Waals surface area (Å²) in [5, 5.41) is 0. The van der Waals surface area contributed by atoms with Crippen LogP contribution in [0.1, 0.15) is 15.9 Å². The normalized spacial score (nSPS) is 10.4. The van der Waals surface area contributed by atoms with Gasteiger partial charge in [0.25, 0.3) is 5.56 Å². The van der Waals surface area contributed by atoms with Crippen LogP contribution in [-0.4, -0.2) is 15.7 Å². The number of aromatic nitrogens is 2. The average Bonchev–Trinajstić information content (AvgIpc) is 2.20. The average molecular weight is 188 g/mol. The van der Waals surface area contributed by atoms with Crippen LogP contribution in [0.15, 0.2) is 29.3 Å². The van der Waals surface area contributed by atoms with Gasteiger partial charge in [-0.05, 0) is 18.6 Å². The van der Waals surface area contributed by atoms with Crippen molar-refractivity contribution in [2.24, 2.45) is 0 Å². The minimum atomic E-state index is -0.325. The van der Waals surface area contributed by atoms with Gasteiger partial charge in [-0.1, -0.05) is 6.07 Å². The third-order valence-electron chi connectivity index (χ3n) is 2.08. The van der Waals surface area contributed by atoms with Crippen LogP contribution in [-0.2, 0) is 0 Å². The summed E-state index contributed by atoms with van der Waals surface area (Å²) in [6.07, 6.45) is 3.42. The zero-order valence-electron chi connectivity index (χ0n) is 7.60. The minimum absolute atomic E-state index is 0.0769. The van der Waals surface area contributed by atoms with Crippen molar-refractivity contribution in [3.63, 3.8) is 0 Å². The number of nitrogens with zero attached hydrogens (tertiary/aromatic N) is 2. The van der Waals surface area contributed by atoms with E-state index in [-0.39, 0.29) is 11.1 Å². The fourth-order valence-corrected chi connectivity index (χ4v) is 1.34. The Labute approximate surface area is 79.8 Å². The highest BCUT2D eigenvalue weighted by Gasteiger charge is 2.04. The lowest BCUT2D eigenvalue weighted by molar-refractivity contribution is 0.112. The van der Waals surface area contributed by atoms with E-state index in [0.29, 0.717) is 11.9 Å². The molecule has 0 saturated heterocycles. The summed E-state index contributed by atoms with van der Waals surface area (Å²) in [5.74, 6) is 0. The van der Waals surface area contributed by atoms with E-state index in [1.165, 1.54) is 10.6 Å². The molecule has 0 aromatic carbocycles. The molecule has 0 aliphatic heterocycles. The number of pyridine rings is 1. The summed E-state index contributed by atoms with van der Waals surface area (Å²) < 4.78 is 1.37. The topological polar surface area (TPSA) is 51.4 Å². The SMILES string of the molecule is Cc1cccn2c(=O)c(C=O)cnc12. The number of hydrogen-bond acceptors (Lipinski definition) is 3. The maximum absolute atomic E-state index is 11.6. The maximum atomic E-state index is 11.6. The molecule has 0 radical (unpaired) electrons. The van der Waals surface area contributed by atoms with Gasteiger partial charge < -0.3 is 0 Å². The van der Waals surface area contributed by atoms with Gasteiger partial charge in [0.05, 0.1) is 5.56 Å². The highest BCUT2D eigenvalue weighted by molar-refractivity contribution is 5.74. The molecule has 0 N–H and O–H groups in total. The first-order valence-electron chi connectivity index (χ1n) is 4.16. The van der Waals surface area contributed by atoms with Crippen LogP contribution in [0, 0.1) is 6.92 Å². The summed E-state index contributed by atoms with van der Waals surface area (Å²) in [5.41, 5.74) is 1.24. The summed E-state index contributed by atoms with van der Waals surface area (Å²) >= 11 is 0. The first-order chi connectivity index (χ1) is 6.74. The van der Waals surface area contributed by atoms with Crippen molar-refractivity contribution in [3.8, 4) is 0 Å². The Balaban J connectivity index is 2.98. The molecule has 2 aromatic heterocycles. The molecule has 2 heterocycles. The molecule has 0 aliphatic rings. The summed E-state index contributed by atoms with van der Waals surface area (Å²) in [4.78, 5) is 26.2. The third-order valence-corrected chi connectivity index (χ3v) is 2.08. The molecule has 14 heavy (non-hydrogen) atoms. The first kappa shape index (κ1) is 8.62. The van der Waals surface area contributed by atoms with Crippen LogP contribution in [0.5, 0.6) is 0 Å². The number of fused-ring (bicyclic) bond motifs is 1. The molecule has 4 heteroatoms. The third kappa shape index (κ3) is 1.12. The summed E-state index contributed by atoms with van der Waals surface area (Å²) in [7, 11) is 0. The molecule has 2 rings (SSSR count). The number of aryl methyl sites for hydroxylation is 1. The highest BCUT2D eigenvalue weighted by Crippen LogP contribution is 2.03. The Morgan fingerprint density at radius 2 is 2.29 bits per heavy atom. The molecule has 0 unspecified atom stereocenters. The molecule has 0 fully saturated rings. The van der Waals surface area contributed by atoms with E-state index in [2.05, 4.69) is 4.98 Å². The van der Waals surface area contributed by atoms with Gasteiger partial charge >= 0.3 is 0 Å². The Hall–Kier alpha value is -1.97. The largest absolute Gasteiger partial charge is 0.298 e. The molecule has 0 bridgehead atoms. The Bertz CT molecular complexity index is 558. The van der Waals surface area contributed by atoms with Crippen molar-refractivity contribution < 1.29 is 4.79 Å². The molecular formula is C10H8N2O2. The van der Waals surface area contributed by atoms with Crippen molar-refractivity contribution in [1.82, 2.24) is 9.38 Å². The van der Waals surface area contributed by atoms with Crippen LogP contribution in [0.2, 0.25) is 0 Å². The predicted octanol–water partition coefficient (Wildman–Crippen LogP) is 0.815. The molecular weight excluding hydrogens is 180 g/mol. The lowest BCUT2D eigenvalue weighted by Gasteiger charge is -2.02. The predicted molar refractivity (Wildman–Crippen MR) is 51.6 cm³/mol. The number of rotatable bonds is 1. The van der Waals surface area contributed by atoms with Crippen molar-refractivity contribution in [2.45, 2.75) is 6.92 Å². The van der Waals surface area contributed by atoms with Crippen molar-refractivity contribution >= 4 is 11.9 Å². The van der Waals surface area contributed by atoms with Crippen LogP contribution in [0.4, 0.5) is 0 Å². The number of aldehydes is 1. The zero-order chi connectivity index (χ0) is 10.1. The van der Waals surface area contributed by atoms with Gasteiger partial charge in [-0.25, -0.2) is 4.98 Å². The van der Waals surface area contributed by atoms with Gasteiger partial charge in [0.15, 0.2) is 6.29 Å². The smallest absolute Gasteiger partial charge is 0.268 e. The van der Waals surface area contributed by atoms with E-state index in [1.807, 2.05) is 13.0 Å².